The maximum Gasteiger partial charge on any atom is 0.0897 e. The first-order valence-electron chi connectivity index (χ1n) is 9.13. The van der Waals surface area contributed by atoms with Crippen LogP contribution in [0.15, 0.2) is 0 Å². The van der Waals surface area contributed by atoms with Crippen molar-refractivity contribution in [2.24, 2.45) is 17.8 Å². The van der Waals surface area contributed by atoms with Gasteiger partial charge in [0.05, 0.1) is 18.8 Å². The molecule has 0 aromatic carbocycles. The first-order valence-corrected chi connectivity index (χ1v) is 9.13. The molecule has 3 nitrogen and oxygen atoms in total. The van der Waals surface area contributed by atoms with Crippen molar-refractivity contribution >= 4 is 0 Å². The fraction of sp³-hybridized carbons (Fsp3) is 1.00. The third-order valence-corrected chi connectivity index (χ3v) is 5.78. The lowest BCUT2D eigenvalue weighted by molar-refractivity contribution is -0.0314. The number of ether oxygens (including phenoxy) is 1. The molecule has 0 aliphatic heterocycles. The molecular formula is C18H35NO2. The first kappa shape index (κ1) is 17.2. The summed E-state index contributed by atoms with van der Waals surface area (Å²) < 4.78 is 5.91. The van der Waals surface area contributed by atoms with Crippen LogP contribution in [0.3, 0.4) is 0 Å². The van der Waals surface area contributed by atoms with Crippen LogP contribution in [-0.2, 0) is 4.74 Å². The van der Waals surface area contributed by atoms with Gasteiger partial charge in [-0.3, -0.25) is 0 Å². The van der Waals surface area contributed by atoms with Gasteiger partial charge < -0.3 is 15.2 Å². The van der Waals surface area contributed by atoms with Gasteiger partial charge in [-0.15, -0.1) is 0 Å². The Balaban J connectivity index is 1.60. The zero-order valence-corrected chi connectivity index (χ0v) is 14.2. The molecular weight excluding hydrogens is 262 g/mol. The molecule has 2 rings (SSSR count). The molecule has 6 unspecified atom stereocenters. The summed E-state index contributed by atoms with van der Waals surface area (Å²) in [6.45, 7) is 8.11. The monoisotopic (exact) mass is 297 g/mol. The fourth-order valence-electron chi connectivity index (χ4n) is 4.24. The van der Waals surface area contributed by atoms with E-state index in [4.69, 9.17) is 4.74 Å². The number of aliphatic hydroxyl groups is 1. The fourth-order valence-corrected chi connectivity index (χ4v) is 4.24. The Bertz CT molecular complexity index is 297. The van der Waals surface area contributed by atoms with Crippen LogP contribution in [0.1, 0.15) is 65.7 Å². The number of hydrogen-bond acceptors (Lipinski definition) is 3. The van der Waals surface area contributed by atoms with Gasteiger partial charge in [-0.2, -0.15) is 0 Å². The average molecular weight is 297 g/mol. The Morgan fingerprint density at radius 2 is 2.00 bits per heavy atom. The average Bonchev–Trinajstić information content (AvgIpc) is 2.83. The summed E-state index contributed by atoms with van der Waals surface area (Å²) in [5, 5.41) is 13.7. The van der Waals surface area contributed by atoms with E-state index in [9.17, 15) is 5.11 Å². The third-order valence-electron chi connectivity index (χ3n) is 5.78. The van der Waals surface area contributed by atoms with Gasteiger partial charge >= 0.3 is 0 Å². The van der Waals surface area contributed by atoms with Crippen molar-refractivity contribution in [2.75, 3.05) is 13.2 Å². The van der Waals surface area contributed by atoms with Crippen LogP contribution in [0.25, 0.3) is 0 Å². The smallest absolute Gasteiger partial charge is 0.0897 e. The van der Waals surface area contributed by atoms with Gasteiger partial charge in [-0.1, -0.05) is 40.0 Å². The molecule has 0 bridgehead atoms. The van der Waals surface area contributed by atoms with Crippen molar-refractivity contribution in [2.45, 2.75) is 84.0 Å². The van der Waals surface area contributed by atoms with Crippen molar-refractivity contribution in [1.29, 1.82) is 0 Å². The summed E-state index contributed by atoms with van der Waals surface area (Å²) in [5.41, 5.74) is 0. The van der Waals surface area contributed by atoms with Gasteiger partial charge in [0, 0.05) is 12.6 Å². The zero-order valence-electron chi connectivity index (χ0n) is 14.2. The highest BCUT2D eigenvalue weighted by Gasteiger charge is 2.31. The molecule has 0 spiro atoms. The molecule has 0 aromatic rings. The molecule has 0 heterocycles. The molecule has 2 aliphatic carbocycles. The number of rotatable bonds is 7. The van der Waals surface area contributed by atoms with Crippen molar-refractivity contribution in [3.05, 3.63) is 0 Å². The summed E-state index contributed by atoms with van der Waals surface area (Å²) in [6.07, 6.45) is 8.83. The molecule has 6 atom stereocenters. The molecule has 2 fully saturated rings. The van der Waals surface area contributed by atoms with E-state index >= 15 is 0 Å². The molecule has 3 heteroatoms. The molecule has 0 saturated heterocycles. The predicted octanol–water partition coefficient (Wildman–Crippen LogP) is 3.36. The molecule has 2 aliphatic rings. The second-order valence-electron chi connectivity index (χ2n) is 7.50. The van der Waals surface area contributed by atoms with E-state index in [1.165, 1.54) is 38.5 Å². The summed E-state index contributed by atoms with van der Waals surface area (Å²) in [5.74, 6) is 2.38. The molecule has 2 saturated carbocycles. The summed E-state index contributed by atoms with van der Waals surface area (Å²) in [6, 6.07) is 0.583. The lowest BCUT2D eigenvalue weighted by Crippen LogP contribution is -2.40. The van der Waals surface area contributed by atoms with E-state index in [-0.39, 0.29) is 6.10 Å². The lowest BCUT2D eigenvalue weighted by atomic mass is 9.89. The summed E-state index contributed by atoms with van der Waals surface area (Å²) in [4.78, 5) is 0. The summed E-state index contributed by atoms with van der Waals surface area (Å²) >= 11 is 0. The highest BCUT2D eigenvalue weighted by molar-refractivity contribution is 4.86. The van der Waals surface area contributed by atoms with Crippen LogP contribution >= 0.6 is 0 Å². The van der Waals surface area contributed by atoms with Crippen LogP contribution in [0.2, 0.25) is 0 Å². The summed E-state index contributed by atoms with van der Waals surface area (Å²) in [7, 11) is 0. The predicted molar refractivity (Wildman–Crippen MR) is 87.3 cm³/mol. The Morgan fingerprint density at radius 1 is 1.19 bits per heavy atom. The largest absolute Gasteiger partial charge is 0.389 e. The van der Waals surface area contributed by atoms with E-state index < -0.39 is 0 Å². The van der Waals surface area contributed by atoms with Crippen LogP contribution < -0.4 is 5.32 Å². The SMILES string of the molecule is CCC1CCC(NCC(O)COC2CCCC(C)C2)C1C. The van der Waals surface area contributed by atoms with E-state index in [0.717, 1.165) is 24.2 Å². The second-order valence-corrected chi connectivity index (χ2v) is 7.50. The molecule has 21 heavy (non-hydrogen) atoms. The number of aliphatic hydroxyl groups excluding tert-OH is 1. The molecule has 0 amide bonds. The topological polar surface area (TPSA) is 41.5 Å². The van der Waals surface area contributed by atoms with Crippen molar-refractivity contribution < 1.29 is 9.84 Å². The van der Waals surface area contributed by atoms with Gasteiger partial charge in [0.25, 0.3) is 0 Å². The highest BCUT2D eigenvalue weighted by atomic mass is 16.5. The first-order chi connectivity index (χ1) is 10.1. The van der Waals surface area contributed by atoms with Crippen LogP contribution in [0, 0.1) is 17.8 Å². The third kappa shape index (κ3) is 5.22. The second kappa shape index (κ2) is 8.50. The van der Waals surface area contributed by atoms with Crippen molar-refractivity contribution in [3.8, 4) is 0 Å². The Hall–Kier alpha value is -0.120. The van der Waals surface area contributed by atoms with Gasteiger partial charge in [0.15, 0.2) is 0 Å². The molecule has 124 valence electrons. The zero-order chi connectivity index (χ0) is 15.2. The van der Waals surface area contributed by atoms with E-state index in [0.29, 0.717) is 25.3 Å². The van der Waals surface area contributed by atoms with Crippen LogP contribution in [-0.4, -0.2) is 36.5 Å². The van der Waals surface area contributed by atoms with Crippen LogP contribution in [0.5, 0.6) is 0 Å². The van der Waals surface area contributed by atoms with Crippen molar-refractivity contribution in [1.82, 2.24) is 5.32 Å². The highest BCUT2D eigenvalue weighted by Crippen LogP contribution is 2.33. The van der Waals surface area contributed by atoms with Gasteiger partial charge in [0.1, 0.15) is 0 Å². The normalized spacial score (nSPS) is 38.6. The van der Waals surface area contributed by atoms with Gasteiger partial charge in [-0.25, -0.2) is 0 Å². The van der Waals surface area contributed by atoms with Gasteiger partial charge in [-0.05, 0) is 43.4 Å². The van der Waals surface area contributed by atoms with E-state index in [1.807, 2.05) is 0 Å². The lowest BCUT2D eigenvalue weighted by Gasteiger charge is -2.28. The standard InChI is InChI=1S/C18H35NO2/c1-4-15-8-9-18(14(15)3)19-11-16(20)12-21-17-7-5-6-13(2)10-17/h13-20H,4-12H2,1-3H3. The minimum absolute atomic E-state index is 0.366. The number of hydrogen-bond donors (Lipinski definition) is 2. The quantitative estimate of drug-likeness (QED) is 0.757. The Labute approximate surface area is 130 Å². The van der Waals surface area contributed by atoms with Crippen LogP contribution in [0.4, 0.5) is 0 Å². The van der Waals surface area contributed by atoms with E-state index in [1.54, 1.807) is 0 Å². The molecule has 0 radical (unpaired) electrons. The number of nitrogens with one attached hydrogen (secondary N) is 1. The molecule has 2 N–H and O–H groups in total. The Kier molecular flexibility index (Phi) is 6.97. The van der Waals surface area contributed by atoms with Crippen molar-refractivity contribution in [3.63, 3.8) is 0 Å². The Morgan fingerprint density at radius 3 is 2.67 bits per heavy atom. The van der Waals surface area contributed by atoms with Gasteiger partial charge in [0.2, 0.25) is 0 Å². The van der Waals surface area contributed by atoms with E-state index in [2.05, 4.69) is 26.1 Å². The maximum absolute atomic E-state index is 10.1. The minimum Gasteiger partial charge on any atom is -0.389 e. The molecule has 0 aromatic heterocycles. The maximum atomic E-state index is 10.1. The minimum atomic E-state index is -0.366.